The van der Waals surface area contributed by atoms with E-state index in [1.807, 2.05) is 43.4 Å². The molecule has 4 nitrogen and oxygen atoms in total. The second kappa shape index (κ2) is 8.52. The quantitative estimate of drug-likeness (QED) is 0.300. The molecule has 5 rings (SSSR count). The fraction of sp³-hybridized carbons (Fsp3) is 0.0714. The zero-order valence-corrected chi connectivity index (χ0v) is 18.1. The molecule has 1 heterocycles. The van der Waals surface area contributed by atoms with E-state index in [-0.39, 0.29) is 0 Å². The smallest absolute Gasteiger partial charge is 0.152 e. The lowest BCUT2D eigenvalue weighted by molar-refractivity contribution is 0.416. The van der Waals surface area contributed by atoms with Crippen LogP contribution in [0.15, 0.2) is 102 Å². The molecular weight excluding hydrogens is 394 g/mol. The van der Waals surface area contributed by atoms with Crippen molar-refractivity contribution in [2.75, 3.05) is 7.11 Å². The van der Waals surface area contributed by atoms with Crippen molar-refractivity contribution in [3.63, 3.8) is 0 Å². The summed E-state index contributed by atoms with van der Waals surface area (Å²) in [5, 5.41) is 0. The van der Waals surface area contributed by atoms with Gasteiger partial charge in [-0.15, -0.1) is 0 Å². The van der Waals surface area contributed by atoms with Crippen LogP contribution in [0.3, 0.4) is 0 Å². The number of aliphatic imine (C=N–C) groups is 1. The summed E-state index contributed by atoms with van der Waals surface area (Å²) in [6.45, 7) is 0. The Morgan fingerprint density at radius 2 is 1.34 bits per heavy atom. The molecule has 32 heavy (non-hydrogen) atoms. The highest BCUT2D eigenvalue weighted by Crippen LogP contribution is 2.35. The average molecular weight is 418 g/mol. The minimum Gasteiger partial charge on any atom is -0.494 e. The van der Waals surface area contributed by atoms with Gasteiger partial charge in [-0.3, -0.25) is 0 Å². The first-order valence-corrected chi connectivity index (χ1v) is 10.5. The molecule has 0 atom stereocenters. The normalized spacial score (nSPS) is 11.3. The van der Waals surface area contributed by atoms with Crippen molar-refractivity contribution < 1.29 is 4.74 Å². The van der Waals surface area contributed by atoms with Crippen LogP contribution in [-0.2, 0) is 7.05 Å². The van der Waals surface area contributed by atoms with Gasteiger partial charge in [-0.1, -0.05) is 84.9 Å². The summed E-state index contributed by atoms with van der Waals surface area (Å²) in [6, 6.07) is 32.9. The summed E-state index contributed by atoms with van der Waals surface area (Å²) < 4.78 is 7.55. The van der Waals surface area contributed by atoms with Gasteiger partial charge in [-0.05, 0) is 23.3 Å². The number of aryl methyl sites for hydroxylation is 1. The van der Waals surface area contributed by atoms with Gasteiger partial charge in [-0.2, -0.15) is 0 Å². The van der Waals surface area contributed by atoms with E-state index in [1.165, 1.54) is 0 Å². The minimum atomic E-state index is 0.734. The lowest BCUT2D eigenvalue weighted by atomic mass is 9.98. The molecule has 0 saturated carbocycles. The maximum Gasteiger partial charge on any atom is 0.152 e. The Morgan fingerprint density at radius 1 is 0.750 bits per heavy atom. The van der Waals surface area contributed by atoms with Crippen LogP contribution >= 0.6 is 0 Å². The Morgan fingerprint density at radius 3 is 2.03 bits per heavy atom. The lowest BCUT2D eigenvalue weighted by Crippen LogP contribution is -1.97. The standard InChI is InChI=1S/C28H23N3O/c1-31-26(19-29-24-15-9-10-16-25(24)32-2)30-27-22(20-11-5-3-6-12-20)17-18-23(28(27)31)21-13-7-4-8-14-21/h3-19H,1-2H3. The van der Waals surface area contributed by atoms with E-state index in [9.17, 15) is 0 Å². The van der Waals surface area contributed by atoms with Crippen LogP contribution in [-0.4, -0.2) is 22.9 Å². The van der Waals surface area contributed by atoms with E-state index in [1.54, 1.807) is 13.3 Å². The maximum absolute atomic E-state index is 5.44. The number of benzene rings is 4. The second-order valence-corrected chi connectivity index (χ2v) is 7.55. The van der Waals surface area contributed by atoms with Gasteiger partial charge in [0.2, 0.25) is 0 Å². The summed E-state index contributed by atoms with van der Waals surface area (Å²) in [5.41, 5.74) is 7.37. The van der Waals surface area contributed by atoms with Gasteiger partial charge in [0, 0.05) is 18.2 Å². The first kappa shape index (κ1) is 19.8. The first-order valence-electron chi connectivity index (χ1n) is 10.5. The van der Waals surface area contributed by atoms with E-state index in [0.29, 0.717) is 0 Å². The number of aromatic nitrogens is 2. The van der Waals surface area contributed by atoms with Gasteiger partial charge in [0.25, 0.3) is 0 Å². The zero-order valence-electron chi connectivity index (χ0n) is 18.1. The third-order valence-electron chi connectivity index (χ3n) is 5.63. The highest BCUT2D eigenvalue weighted by atomic mass is 16.5. The van der Waals surface area contributed by atoms with Crippen LogP contribution in [0.1, 0.15) is 5.82 Å². The van der Waals surface area contributed by atoms with Crippen LogP contribution in [0.4, 0.5) is 5.69 Å². The highest BCUT2D eigenvalue weighted by molar-refractivity contribution is 6.03. The summed E-state index contributed by atoms with van der Waals surface area (Å²) in [6.07, 6.45) is 1.81. The summed E-state index contributed by atoms with van der Waals surface area (Å²) >= 11 is 0. The number of hydrogen-bond donors (Lipinski definition) is 0. The molecule has 0 bridgehead atoms. The lowest BCUT2D eigenvalue weighted by Gasteiger charge is -2.10. The van der Waals surface area contributed by atoms with Crippen molar-refractivity contribution in [3.05, 3.63) is 103 Å². The molecule has 0 spiro atoms. The van der Waals surface area contributed by atoms with Crippen LogP contribution in [0.2, 0.25) is 0 Å². The zero-order chi connectivity index (χ0) is 21.9. The molecule has 0 N–H and O–H groups in total. The Bertz CT molecular complexity index is 1400. The molecule has 0 aliphatic rings. The Hall–Kier alpha value is -4.18. The number of para-hydroxylation sites is 2. The number of fused-ring (bicyclic) bond motifs is 1. The number of nitrogens with zero attached hydrogens (tertiary/aromatic N) is 3. The van der Waals surface area contributed by atoms with Gasteiger partial charge in [-0.25, -0.2) is 9.98 Å². The molecular formula is C28H23N3O. The molecule has 4 heteroatoms. The Balaban J connectivity index is 1.72. The van der Waals surface area contributed by atoms with Crippen molar-refractivity contribution >= 4 is 22.9 Å². The number of rotatable bonds is 5. The monoisotopic (exact) mass is 417 g/mol. The van der Waals surface area contributed by atoms with Crippen LogP contribution in [0.5, 0.6) is 5.75 Å². The van der Waals surface area contributed by atoms with Crippen molar-refractivity contribution in [2.45, 2.75) is 0 Å². The molecule has 1 aromatic heterocycles. The number of hydrogen-bond acceptors (Lipinski definition) is 3. The van der Waals surface area contributed by atoms with Crippen molar-refractivity contribution in [1.82, 2.24) is 9.55 Å². The van der Waals surface area contributed by atoms with Gasteiger partial charge in [0.1, 0.15) is 11.4 Å². The predicted octanol–water partition coefficient (Wildman–Crippen LogP) is 6.67. The van der Waals surface area contributed by atoms with Gasteiger partial charge in [0.15, 0.2) is 5.82 Å². The SMILES string of the molecule is COc1ccccc1N=Cc1nc2c(-c3ccccc3)ccc(-c3ccccc3)c2n1C. The number of methoxy groups -OCH3 is 1. The molecule has 0 saturated heterocycles. The topological polar surface area (TPSA) is 39.4 Å². The molecule has 0 amide bonds. The van der Waals surface area contributed by atoms with E-state index in [2.05, 4.69) is 70.2 Å². The predicted molar refractivity (Wildman–Crippen MR) is 132 cm³/mol. The Kier molecular flexibility index (Phi) is 5.26. The Labute approximate surface area is 187 Å². The van der Waals surface area contributed by atoms with Crippen LogP contribution < -0.4 is 4.74 Å². The maximum atomic E-state index is 5.44. The van der Waals surface area contributed by atoms with Crippen molar-refractivity contribution in [2.24, 2.45) is 12.0 Å². The summed E-state index contributed by atoms with van der Waals surface area (Å²) in [4.78, 5) is 9.69. The molecule has 0 unspecified atom stereocenters. The minimum absolute atomic E-state index is 0.734. The molecule has 156 valence electrons. The summed E-state index contributed by atoms with van der Waals surface area (Å²) in [5.74, 6) is 1.52. The molecule has 0 aliphatic carbocycles. The summed E-state index contributed by atoms with van der Waals surface area (Å²) in [7, 11) is 3.70. The first-order chi connectivity index (χ1) is 15.8. The fourth-order valence-corrected chi connectivity index (χ4v) is 4.02. The van der Waals surface area contributed by atoms with Crippen molar-refractivity contribution in [3.8, 4) is 28.0 Å². The van der Waals surface area contributed by atoms with E-state index >= 15 is 0 Å². The average Bonchev–Trinajstić information content (AvgIpc) is 3.19. The van der Waals surface area contributed by atoms with Crippen LogP contribution in [0.25, 0.3) is 33.3 Å². The van der Waals surface area contributed by atoms with Gasteiger partial charge < -0.3 is 9.30 Å². The van der Waals surface area contributed by atoms with E-state index in [0.717, 1.165) is 50.5 Å². The number of ether oxygens (including phenoxy) is 1. The fourth-order valence-electron chi connectivity index (χ4n) is 4.02. The van der Waals surface area contributed by atoms with E-state index in [4.69, 9.17) is 9.72 Å². The van der Waals surface area contributed by atoms with Gasteiger partial charge in [0.05, 0.1) is 24.4 Å². The number of imidazole rings is 1. The van der Waals surface area contributed by atoms with Crippen molar-refractivity contribution in [1.29, 1.82) is 0 Å². The third-order valence-corrected chi connectivity index (χ3v) is 5.63. The molecule has 5 aromatic rings. The van der Waals surface area contributed by atoms with E-state index < -0.39 is 0 Å². The largest absolute Gasteiger partial charge is 0.494 e. The molecule has 4 aromatic carbocycles. The molecule has 0 aliphatic heterocycles. The molecule has 0 fully saturated rings. The molecule has 0 radical (unpaired) electrons. The highest BCUT2D eigenvalue weighted by Gasteiger charge is 2.16. The third kappa shape index (κ3) is 3.56. The second-order valence-electron chi connectivity index (χ2n) is 7.55. The van der Waals surface area contributed by atoms with Crippen LogP contribution in [0, 0.1) is 0 Å². The van der Waals surface area contributed by atoms with Gasteiger partial charge >= 0.3 is 0 Å².